The molecule has 0 saturated heterocycles. The smallest absolute Gasteiger partial charge is 0.306 e. The van der Waals surface area contributed by atoms with Crippen LogP contribution in [0.4, 0.5) is 0 Å². The molecule has 0 aromatic heterocycles. The third-order valence-corrected chi connectivity index (χ3v) is 4.31. The number of benzene rings is 3. The summed E-state index contributed by atoms with van der Waals surface area (Å²) in [5.41, 5.74) is 2.18. The maximum absolute atomic E-state index is 11.3. The molecule has 3 aromatic rings. The topological polar surface area (TPSA) is 57.5 Å². The molecule has 0 saturated carbocycles. The number of carboxylic acid groups (broad SMARTS) is 1. The number of hydrogen-bond acceptors (Lipinski definition) is 2. The van der Waals surface area contributed by atoms with Crippen LogP contribution in [-0.4, -0.2) is 16.2 Å². The van der Waals surface area contributed by atoms with Crippen LogP contribution in [0, 0.1) is 0 Å². The quantitative estimate of drug-likeness (QED) is 0.709. The molecule has 1 atom stereocenters. The second-order valence-electron chi connectivity index (χ2n) is 6.21. The van der Waals surface area contributed by atoms with Crippen molar-refractivity contribution in [3.05, 3.63) is 96.1 Å². The summed E-state index contributed by atoms with van der Waals surface area (Å²) in [6.45, 7) is 0. The largest absolute Gasteiger partial charge is 0.481 e. The summed E-state index contributed by atoms with van der Waals surface area (Å²) < 4.78 is 0. The lowest BCUT2D eigenvalue weighted by Gasteiger charge is -2.27. The van der Waals surface area contributed by atoms with E-state index < -0.39 is 11.6 Å². The first-order valence-electron chi connectivity index (χ1n) is 8.21. The Morgan fingerprint density at radius 1 is 0.760 bits per heavy atom. The van der Waals surface area contributed by atoms with Gasteiger partial charge in [-0.1, -0.05) is 84.9 Å². The van der Waals surface area contributed by atoms with Crippen molar-refractivity contribution in [1.29, 1.82) is 0 Å². The molecule has 0 aliphatic heterocycles. The molecule has 3 heteroatoms. The van der Waals surface area contributed by atoms with Crippen LogP contribution in [0.5, 0.6) is 0 Å². The van der Waals surface area contributed by atoms with Crippen LogP contribution in [0.1, 0.15) is 17.5 Å². The summed E-state index contributed by atoms with van der Waals surface area (Å²) in [5, 5.41) is 20.3. The van der Waals surface area contributed by atoms with Gasteiger partial charge in [-0.05, 0) is 22.3 Å². The van der Waals surface area contributed by atoms with Crippen molar-refractivity contribution in [2.45, 2.75) is 18.4 Å². The van der Waals surface area contributed by atoms with Gasteiger partial charge in [0.2, 0.25) is 0 Å². The van der Waals surface area contributed by atoms with E-state index in [0.717, 1.165) is 16.7 Å². The van der Waals surface area contributed by atoms with E-state index in [1.165, 1.54) is 0 Å². The molecule has 0 amide bonds. The Labute approximate surface area is 147 Å². The standard InChI is InChI=1S/C22H20O3/c23-21(24)16-22(25,15-17-7-3-1-4-8-17)20-13-11-19(12-14-20)18-9-5-2-6-10-18/h1-14,25H,15-16H2,(H,23,24). The zero-order chi connectivity index (χ0) is 17.7. The molecule has 25 heavy (non-hydrogen) atoms. The van der Waals surface area contributed by atoms with Crippen molar-refractivity contribution < 1.29 is 15.0 Å². The predicted octanol–water partition coefficient (Wildman–Crippen LogP) is 4.26. The first kappa shape index (κ1) is 16.9. The zero-order valence-corrected chi connectivity index (χ0v) is 13.8. The number of carboxylic acids is 1. The highest BCUT2D eigenvalue weighted by molar-refractivity contribution is 5.69. The summed E-state index contributed by atoms with van der Waals surface area (Å²) >= 11 is 0. The third-order valence-electron chi connectivity index (χ3n) is 4.31. The molecule has 0 aliphatic rings. The van der Waals surface area contributed by atoms with Gasteiger partial charge in [0.1, 0.15) is 5.60 Å². The minimum absolute atomic E-state index is 0.255. The van der Waals surface area contributed by atoms with E-state index in [9.17, 15) is 15.0 Å². The minimum atomic E-state index is -1.44. The minimum Gasteiger partial charge on any atom is -0.481 e. The fourth-order valence-corrected chi connectivity index (χ4v) is 3.05. The first-order valence-corrected chi connectivity index (χ1v) is 8.21. The van der Waals surface area contributed by atoms with Crippen LogP contribution in [0.15, 0.2) is 84.9 Å². The molecule has 3 nitrogen and oxygen atoms in total. The second-order valence-corrected chi connectivity index (χ2v) is 6.21. The number of aliphatic carboxylic acids is 1. The Morgan fingerprint density at radius 3 is 1.84 bits per heavy atom. The fraction of sp³-hybridized carbons (Fsp3) is 0.136. The number of hydrogen-bond donors (Lipinski definition) is 2. The third kappa shape index (κ3) is 4.14. The van der Waals surface area contributed by atoms with Gasteiger partial charge in [0.15, 0.2) is 0 Å². The van der Waals surface area contributed by atoms with Crippen LogP contribution >= 0.6 is 0 Å². The van der Waals surface area contributed by atoms with E-state index in [2.05, 4.69) is 0 Å². The van der Waals surface area contributed by atoms with Gasteiger partial charge in [-0.25, -0.2) is 0 Å². The van der Waals surface area contributed by atoms with E-state index >= 15 is 0 Å². The Kier molecular flexibility index (Phi) is 4.96. The van der Waals surface area contributed by atoms with E-state index in [-0.39, 0.29) is 12.8 Å². The fourth-order valence-electron chi connectivity index (χ4n) is 3.05. The van der Waals surface area contributed by atoms with Crippen molar-refractivity contribution in [3.63, 3.8) is 0 Å². The molecule has 3 aromatic carbocycles. The molecule has 0 aliphatic carbocycles. The van der Waals surface area contributed by atoms with Crippen LogP contribution in [0.3, 0.4) is 0 Å². The lowest BCUT2D eigenvalue weighted by atomic mass is 9.84. The van der Waals surface area contributed by atoms with Crippen molar-refractivity contribution in [1.82, 2.24) is 0 Å². The molecule has 0 spiro atoms. The van der Waals surface area contributed by atoms with E-state index in [4.69, 9.17) is 0 Å². The van der Waals surface area contributed by atoms with Crippen molar-refractivity contribution in [3.8, 4) is 11.1 Å². The molecule has 0 radical (unpaired) electrons. The molecular formula is C22H20O3. The van der Waals surface area contributed by atoms with E-state index in [1.807, 2.05) is 84.9 Å². The number of rotatable bonds is 6. The van der Waals surface area contributed by atoms with Gasteiger partial charge in [-0.2, -0.15) is 0 Å². The van der Waals surface area contributed by atoms with Gasteiger partial charge in [0, 0.05) is 6.42 Å². The monoisotopic (exact) mass is 332 g/mol. The van der Waals surface area contributed by atoms with Crippen LogP contribution in [0.25, 0.3) is 11.1 Å². The molecule has 3 rings (SSSR count). The first-order chi connectivity index (χ1) is 12.1. The summed E-state index contributed by atoms with van der Waals surface area (Å²) in [6, 6.07) is 26.9. The van der Waals surface area contributed by atoms with Gasteiger partial charge in [0.05, 0.1) is 6.42 Å². The summed E-state index contributed by atoms with van der Waals surface area (Å²) in [7, 11) is 0. The van der Waals surface area contributed by atoms with E-state index in [0.29, 0.717) is 5.56 Å². The summed E-state index contributed by atoms with van der Waals surface area (Å²) in [6.07, 6.45) is -0.0859. The lowest BCUT2D eigenvalue weighted by Crippen LogP contribution is -2.31. The SMILES string of the molecule is O=C(O)CC(O)(Cc1ccccc1)c1ccc(-c2ccccc2)cc1. The Morgan fingerprint density at radius 2 is 1.28 bits per heavy atom. The highest BCUT2D eigenvalue weighted by Crippen LogP contribution is 2.31. The molecule has 0 fully saturated rings. The maximum Gasteiger partial charge on any atom is 0.306 e. The Bertz CT molecular complexity index is 826. The Balaban J connectivity index is 1.92. The lowest BCUT2D eigenvalue weighted by molar-refractivity contribution is -0.143. The van der Waals surface area contributed by atoms with Gasteiger partial charge in [-0.15, -0.1) is 0 Å². The summed E-state index contributed by atoms with van der Waals surface area (Å²) in [4.78, 5) is 11.3. The van der Waals surface area contributed by atoms with E-state index in [1.54, 1.807) is 0 Å². The predicted molar refractivity (Wildman–Crippen MR) is 98.2 cm³/mol. The van der Waals surface area contributed by atoms with Crippen molar-refractivity contribution in [2.75, 3.05) is 0 Å². The normalized spacial score (nSPS) is 13.2. The van der Waals surface area contributed by atoms with Gasteiger partial charge < -0.3 is 10.2 Å². The second kappa shape index (κ2) is 7.32. The summed E-state index contributed by atoms with van der Waals surface area (Å²) in [5.74, 6) is -1.02. The highest BCUT2D eigenvalue weighted by Gasteiger charge is 2.32. The van der Waals surface area contributed by atoms with Gasteiger partial charge in [-0.3, -0.25) is 4.79 Å². The van der Waals surface area contributed by atoms with Crippen LogP contribution in [0.2, 0.25) is 0 Å². The molecule has 126 valence electrons. The van der Waals surface area contributed by atoms with Crippen LogP contribution in [-0.2, 0) is 16.8 Å². The average molecular weight is 332 g/mol. The van der Waals surface area contributed by atoms with Gasteiger partial charge >= 0.3 is 5.97 Å². The maximum atomic E-state index is 11.3. The van der Waals surface area contributed by atoms with Crippen LogP contribution < -0.4 is 0 Å². The zero-order valence-electron chi connectivity index (χ0n) is 13.8. The van der Waals surface area contributed by atoms with Crippen molar-refractivity contribution >= 4 is 5.97 Å². The molecule has 2 N–H and O–H groups in total. The van der Waals surface area contributed by atoms with Crippen molar-refractivity contribution in [2.24, 2.45) is 0 Å². The number of aliphatic hydroxyl groups is 1. The molecule has 0 heterocycles. The molecule has 0 bridgehead atoms. The van der Waals surface area contributed by atoms with Gasteiger partial charge in [0.25, 0.3) is 0 Å². The molecular weight excluding hydrogens is 312 g/mol. The average Bonchev–Trinajstić information content (AvgIpc) is 2.63. The Hall–Kier alpha value is -2.91. The number of carbonyl (C=O) groups is 1. The highest BCUT2D eigenvalue weighted by atomic mass is 16.4. The molecule has 1 unspecified atom stereocenters.